The highest BCUT2D eigenvalue weighted by Crippen LogP contribution is 2.19. The Morgan fingerprint density at radius 1 is 1.33 bits per heavy atom. The van der Waals surface area contributed by atoms with Crippen LogP contribution in [0.25, 0.3) is 11.0 Å². The summed E-state index contributed by atoms with van der Waals surface area (Å²) in [4.78, 5) is 7.83. The van der Waals surface area contributed by atoms with Gasteiger partial charge in [-0.2, -0.15) is 15.1 Å². The summed E-state index contributed by atoms with van der Waals surface area (Å²) in [7, 11) is 0. The van der Waals surface area contributed by atoms with Crippen LogP contribution in [-0.2, 0) is 0 Å². The molecule has 0 spiro atoms. The zero-order valence-corrected chi connectivity index (χ0v) is 8.20. The summed E-state index contributed by atoms with van der Waals surface area (Å²) in [5.74, 6) is 6.22. The van der Waals surface area contributed by atoms with Crippen LogP contribution in [0.4, 0.5) is 11.8 Å². The van der Waals surface area contributed by atoms with Gasteiger partial charge < -0.3 is 11.5 Å². The van der Waals surface area contributed by atoms with Gasteiger partial charge in [-0.1, -0.05) is 12.8 Å². The number of fused-ring (bicyclic) bond motifs is 1. The van der Waals surface area contributed by atoms with Gasteiger partial charge >= 0.3 is 0 Å². The minimum absolute atomic E-state index is 0.124. The van der Waals surface area contributed by atoms with Crippen molar-refractivity contribution in [2.45, 2.75) is 13.3 Å². The zero-order valence-electron chi connectivity index (χ0n) is 8.20. The highest BCUT2D eigenvalue weighted by atomic mass is 15.2. The monoisotopic (exact) mass is 202 g/mol. The highest BCUT2D eigenvalue weighted by molar-refractivity contribution is 5.90. The molecule has 0 amide bonds. The predicted octanol–water partition coefficient (Wildman–Crippen LogP) is 0.279. The number of nitrogens with zero attached hydrogens (tertiary/aromatic N) is 3. The van der Waals surface area contributed by atoms with Gasteiger partial charge in [0.05, 0.1) is 5.39 Å². The average Bonchev–Trinajstić information content (AvgIpc) is 2.58. The molecule has 0 radical (unpaired) electrons. The number of hydrogen-bond acceptors (Lipinski definition) is 5. The van der Waals surface area contributed by atoms with E-state index in [1.54, 1.807) is 0 Å². The fourth-order valence-corrected chi connectivity index (χ4v) is 1.24. The van der Waals surface area contributed by atoms with E-state index in [9.17, 15) is 0 Å². The Morgan fingerprint density at radius 2 is 2.13 bits per heavy atom. The van der Waals surface area contributed by atoms with Crippen LogP contribution in [0.2, 0.25) is 0 Å². The third-order valence-corrected chi connectivity index (χ3v) is 1.85. The van der Waals surface area contributed by atoms with Crippen LogP contribution in [0.3, 0.4) is 0 Å². The van der Waals surface area contributed by atoms with Crippen molar-refractivity contribution in [2.75, 3.05) is 11.5 Å². The maximum atomic E-state index is 5.72. The van der Waals surface area contributed by atoms with E-state index in [0.717, 1.165) is 6.42 Å². The third-order valence-electron chi connectivity index (χ3n) is 1.85. The van der Waals surface area contributed by atoms with E-state index in [0.29, 0.717) is 22.5 Å². The molecule has 0 aliphatic heterocycles. The Morgan fingerprint density at radius 3 is 2.87 bits per heavy atom. The molecule has 0 aromatic carbocycles. The summed E-state index contributed by atoms with van der Waals surface area (Å²) in [5, 5.41) is 7.34. The lowest BCUT2D eigenvalue weighted by molar-refractivity contribution is 1.08. The van der Waals surface area contributed by atoms with E-state index >= 15 is 0 Å². The number of rotatable bonds is 0. The van der Waals surface area contributed by atoms with Crippen LogP contribution < -0.4 is 11.5 Å². The first kappa shape index (κ1) is 9.27. The van der Waals surface area contributed by atoms with Crippen molar-refractivity contribution in [3.63, 3.8) is 0 Å². The molecular weight excluding hydrogens is 192 g/mol. The molecule has 15 heavy (non-hydrogen) atoms. The van der Waals surface area contributed by atoms with Crippen molar-refractivity contribution in [3.8, 4) is 11.8 Å². The van der Waals surface area contributed by atoms with Gasteiger partial charge in [0.2, 0.25) is 5.95 Å². The van der Waals surface area contributed by atoms with Crippen LogP contribution in [0.1, 0.15) is 19.0 Å². The van der Waals surface area contributed by atoms with Crippen molar-refractivity contribution in [1.29, 1.82) is 0 Å². The number of aromatic amines is 1. The molecule has 5 N–H and O–H groups in total. The Balaban J connectivity index is 2.69. The maximum absolute atomic E-state index is 5.72. The van der Waals surface area contributed by atoms with Crippen LogP contribution >= 0.6 is 0 Å². The number of H-pyrrole nitrogens is 1. The van der Waals surface area contributed by atoms with Gasteiger partial charge in [0.25, 0.3) is 0 Å². The van der Waals surface area contributed by atoms with E-state index in [1.165, 1.54) is 0 Å². The third kappa shape index (κ3) is 1.55. The maximum Gasteiger partial charge on any atom is 0.224 e. The van der Waals surface area contributed by atoms with Gasteiger partial charge in [0, 0.05) is 6.42 Å². The quantitative estimate of drug-likeness (QED) is 0.532. The van der Waals surface area contributed by atoms with Gasteiger partial charge in [-0.3, -0.25) is 5.10 Å². The molecule has 0 aliphatic rings. The number of aromatic nitrogens is 4. The molecule has 76 valence electrons. The summed E-state index contributed by atoms with van der Waals surface area (Å²) in [6, 6.07) is 0. The van der Waals surface area contributed by atoms with Gasteiger partial charge in [-0.25, -0.2) is 0 Å². The first-order valence-electron chi connectivity index (χ1n) is 4.48. The molecule has 0 saturated carbocycles. The number of hydrogen-bond donors (Lipinski definition) is 3. The number of anilines is 2. The molecule has 0 unspecified atom stereocenters. The van der Waals surface area contributed by atoms with Crippen molar-refractivity contribution in [2.24, 2.45) is 0 Å². The first-order chi connectivity index (χ1) is 7.22. The summed E-state index contributed by atoms with van der Waals surface area (Å²) >= 11 is 0. The van der Waals surface area contributed by atoms with Crippen molar-refractivity contribution < 1.29 is 0 Å². The molecule has 2 rings (SSSR count). The second kappa shape index (κ2) is 3.46. The molecule has 6 nitrogen and oxygen atoms in total. The van der Waals surface area contributed by atoms with Crippen LogP contribution in [-0.4, -0.2) is 20.2 Å². The summed E-state index contributed by atoms with van der Waals surface area (Å²) in [5.41, 5.74) is 12.2. The van der Waals surface area contributed by atoms with E-state index in [4.69, 9.17) is 11.5 Å². The second-order valence-corrected chi connectivity index (χ2v) is 2.92. The van der Waals surface area contributed by atoms with E-state index in [2.05, 4.69) is 32.0 Å². The first-order valence-corrected chi connectivity index (χ1v) is 4.48. The largest absolute Gasteiger partial charge is 0.383 e. The molecule has 2 aromatic rings. The molecular formula is C9H10N6. The van der Waals surface area contributed by atoms with Gasteiger partial charge in [-0.05, 0) is 5.92 Å². The number of nitrogen functional groups attached to an aromatic ring is 2. The molecule has 0 bridgehead atoms. The Hall–Kier alpha value is -2.29. The molecule has 6 heteroatoms. The molecule has 0 aliphatic carbocycles. The van der Waals surface area contributed by atoms with Crippen molar-refractivity contribution >= 4 is 22.8 Å². The fourth-order valence-electron chi connectivity index (χ4n) is 1.24. The minimum Gasteiger partial charge on any atom is -0.383 e. The van der Waals surface area contributed by atoms with Crippen LogP contribution in [0.5, 0.6) is 0 Å². The van der Waals surface area contributed by atoms with Crippen LogP contribution in [0.15, 0.2) is 0 Å². The Labute approximate surface area is 86.1 Å². The Kier molecular flexibility index (Phi) is 2.14. The zero-order chi connectivity index (χ0) is 10.8. The lowest BCUT2D eigenvalue weighted by atomic mass is 10.3. The SMILES string of the molecule is CCC#Cc1n[nH]c2nc(N)nc(N)c12. The fraction of sp³-hybridized carbons (Fsp3) is 0.222. The molecule has 2 heterocycles. The number of nitrogens with two attached hydrogens (primary N) is 2. The molecule has 0 saturated heterocycles. The van der Waals surface area contributed by atoms with Gasteiger partial charge in [0.15, 0.2) is 5.65 Å². The minimum atomic E-state index is 0.124. The molecule has 0 atom stereocenters. The van der Waals surface area contributed by atoms with Gasteiger partial charge in [-0.15, -0.1) is 0 Å². The predicted molar refractivity (Wildman–Crippen MR) is 57.7 cm³/mol. The lowest BCUT2D eigenvalue weighted by Gasteiger charge is -1.95. The molecule has 0 fully saturated rings. The van der Waals surface area contributed by atoms with Crippen LogP contribution in [0, 0.1) is 11.8 Å². The second-order valence-electron chi connectivity index (χ2n) is 2.92. The summed E-state index contributed by atoms with van der Waals surface area (Å²) < 4.78 is 0. The van der Waals surface area contributed by atoms with Crippen molar-refractivity contribution in [3.05, 3.63) is 5.69 Å². The summed E-state index contributed by atoms with van der Waals surface area (Å²) in [6.45, 7) is 1.96. The van der Waals surface area contributed by atoms with E-state index in [-0.39, 0.29) is 5.95 Å². The highest BCUT2D eigenvalue weighted by Gasteiger charge is 2.10. The topological polar surface area (TPSA) is 106 Å². The Bertz CT molecular complexity index is 559. The van der Waals surface area contributed by atoms with E-state index < -0.39 is 0 Å². The normalized spacial score (nSPS) is 9.93. The average molecular weight is 202 g/mol. The summed E-state index contributed by atoms with van der Waals surface area (Å²) in [6.07, 6.45) is 0.754. The smallest absolute Gasteiger partial charge is 0.224 e. The lowest BCUT2D eigenvalue weighted by Crippen LogP contribution is -2.00. The number of nitrogens with one attached hydrogen (secondary N) is 1. The van der Waals surface area contributed by atoms with E-state index in [1.807, 2.05) is 6.92 Å². The molecule has 2 aromatic heterocycles. The van der Waals surface area contributed by atoms with Gasteiger partial charge in [0.1, 0.15) is 11.5 Å². The standard InChI is InChI=1S/C9H10N6/c1-2-3-4-5-6-7(10)12-9(11)13-8(6)15-14-5/h2H2,1H3,(H5,10,11,12,13,14,15). The van der Waals surface area contributed by atoms with Crippen molar-refractivity contribution in [1.82, 2.24) is 20.2 Å².